The average Bonchev–Trinajstić information content (AvgIpc) is 3.07. The van der Waals surface area contributed by atoms with Crippen LogP contribution >= 0.6 is 11.6 Å². The number of hydrogen-bond donors (Lipinski definition) is 2. The first kappa shape index (κ1) is 19.4. The van der Waals surface area contributed by atoms with Gasteiger partial charge in [-0.25, -0.2) is 5.01 Å². The zero-order valence-electron chi connectivity index (χ0n) is 15.8. The number of carbonyl (C=O) groups is 2. The molecule has 0 spiro atoms. The number of rotatable bonds is 5. The maximum absolute atomic E-state index is 12.9. The normalized spacial score (nSPS) is 14.7. The minimum atomic E-state index is -0.358. The van der Waals surface area contributed by atoms with Gasteiger partial charge in [-0.15, -0.1) is 0 Å². The van der Waals surface area contributed by atoms with E-state index in [2.05, 4.69) is 22.5 Å². The van der Waals surface area contributed by atoms with E-state index in [-0.39, 0.29) is 17.4 Å². The highest BCUT2D eigenvalue weighted by Crippen LogP contribution is 2.25. The number of benzene rings is 3. The summed E-state index contributed by atoms with van der Waals surface area (Å²) in [5.74, 6) is -0.565. The van der Waals surface area contributed by atoms with E-state index in [0.29, 0.717) is 33.2 Å². The van der Waals surface area contributed by atoms with E-state index in [1.54, 1.807) is 54.6 Å². The van der Waals surface area contributed by atoms with Crippen molar-refractivity contribution in [1.82, 2.24) is 5.43 Å². The van der Waals surface area contributed by atoms with Crippen LogP contribution in [0.3, 0.4) is 0 Å². The summed E-state index contributed by atoms with van der Waals surface area (Å²) in [5.41, 5.74) is 8.17. The molecule has 2 N–H and O–H groups in total. The van der Waals surface area contributed by atoms with Gasteiger partial charge in [-0.05, 0) is 30.3 Å². The summed E-state index contributed by atoms with van der Waals surface area (Å²) in [6.45, 7) is 3.86. The Balaban J connectivity index is 1.62. The first-order valence-electron chi connectivity index (χ1n) is 9.13. The Morgan fingerprint density at radius 3 is 2.37 bits per heavy atom. The van der Waals surface area contributed by atoms with Crippen molar-refractivity contribution in [1.29, 1.82) is 0 Å². The molecule has 3 aromatic rings. The Bertz CT molecular complexity index is 1160. The predicted molar refractivity (Wildman–Crippen MR) is 119 cm³/mol. The van der Waals surface area contributed by atoms with E-state index >= 15 is 0 Å². The minimum absolute atomic E-state index is 0.118. The second-order valence-corrected chi connectivity index (χ2v) is 6.96. The minimum Gasteiger partial charge on any atom is -0.289 e. The lowest BCUT2D eigenvalue weighted by Crippen LogP contribution is -2.34. The van der Waals surface area contributed by atoms with Gasteiger partial charge in [0.25, 0.3) is 5.91 Å². The van der Waals surface area contributed by atoms with Crippen molar-refractivity contribution in [3.05, 3.63) is 107 Å². The molecular weight excluding hydrogens is 400 g/mol. The van der Waals surface area contributed by atoms with Gasteiger partial charge in [0.2, 0.25) is 0 Å². The number of halogens is 1. The summed E-state index contributed by atoms with van der Waals surface area (Å²) in [4.78, 5) is 25.7. The number of amides is 1. The molecule has 0 saturated carbocycles. The number of nitrogens with one attached hydrogen (secondary N) is 2. The molecule has 30 heavy (non-hydrogen) atoms. The number of hydrazine groups is 1. The fourth-order valence-electron chi connectivity index (χ4n) is 3.01. The van der Waals surface area contributed by atoms with Crippen LogP contribution in [0.5, 0.6) is 0 Å². The van der Waals surface area contributed by atoms with Crippen molar-refractivity contribution in [3.8, 4) is 0 Å². The van der Waals surface area contributed by atoms with Gasteiger partial charge < -0.3 is 0 Å². The molecule has 3 aromatic carbocycles. The average molecular weight is 417 g/mol. The van der Waals surface area contributed by atoms with Gasteiger partial charge in [0, 0.05) is 16.1 Å². The molecule has 0 aliphatic carbocycles. The molecule has 0 radical (unpaired) electrons. The highest BCUT2D eigenvalue weighted by Gasteiger charge is 2.32. The van der Waals surface area contributed by atoms with Crippen molar-refractivity contribution < 1.29 is 9.59 Å². The van der Waals surface area contributed by atoms with Gasteiger partial charge in [-0.1, -0.05) is 66.7 Å². The first-order chi connectivity index (χ1) is 14.5. The van der Waals surface area contributed by atoms with Crippen molar-refractivity contribution in [2.75, 3.05) is 10.4 Å². The molecular formula is C23H17ClN4O2. The number of hydrogen-bond acceptors (Lipinski definition) is 5. The summed E-state index contributed by atoms with van der Waals surface area (Å²) in [5, 5.41) is 6.00. The molecule has 4 rings (SSSR count). The van der Waals surface area contributed by atoms with Gasteiger partial charge in [0.1, 0.15) is 0 Å². The lowest BCUT2D eigenvalue weighted by atomic mass is 10.0. The Kier molecular flexibility index (Phi) is 5.32. The van der Waals surface area contributed by atoms with Crippen LogP contribution in [0.1, 0.15) is 15.9 Å². The third kappa shape index (κ3) is 3.81. The molecule has 1 amide bonds. The topological polar surface area (TPSA) is 73.8 Å². The van der Waals surface area contributed by atoms with Crippen LogP contribution in [0, 0.1) is 0 Å². The largest absolute Gasteiger partial charge is 0.299 e. The molecule has 1 saturated heterocycles. The Morgan fingerprint density at radius 2 is 1.67 bits per heavy atom. The third-order valence-corrected chi connectivity index (χ3v) is 4.74. The highest BCUT2D eigenvalue weighted by molar-refractivity contribution is 6.51. The monoisotopic (exact) mass is 416 g/mol. The van der Waals surface area contributed by atoms with Crippen LogP contribution in [-0.2, 0) is 4.79 Å². The second-order valence-electron chi connectivity index (χ2n) is 6.52. The molecule has 0 bridgehead atoms. The van der Waals surface area contributed by atoms with Gasteiger partial charge in [-0.2, -0.15) is 5.10 Å². The van der Waals surface area contributed by atoms with E-state index in [9.17, 15) is 9.59 Å². The quantitative estimate of drug-likeness (QED) is 0.477. The molecule has 1 heterocycles. The van der Waals surface area contributed by atoms with Crippen LogP contribution < -0.4 is 15.9 Å². The van der Waals surface area contributed by atoms with Crippen LogP contribution in [0.25, 0.3) is 0 Å². The SMILES string of the molecule is C=C1NN(c2ccccc2)C(=O)/C1=N/Nc1ccc(Cl)cc1C(=O)c1ccccc1. The molecule has 1 aliphatic rings. The number of carbonyl (C=O) groups excluding carboxylic acids is 2. The summed E-state index contributed by atoms with van der Waals surface area (Å²) >= 11 is 6.11. The molecule has 0 aromatic heterocycles. The van der Waals surface area contributed by atoms with Gasteiger partial charge in [0.15, 0.2) is 11.5 Å². The molecule has 7 heteroatoms. The van der Waals surface area contributed by atoms with E-state index in [1.807, 2.05) is 24.3 Å². The van der Waals surface area contributed by atoms with Gasteiger partial charge in [0.05, 0.1) is 17.1 Å². The van der Waals surface area contributed by atoms with Crippen LogP contribution in [0.2, 0.25) is 5.02 Å². The number of ketones is 1. The van der Waals surface area contributed by atoms with E-state index in [0.717, 1.165) is 0 Å². The number of hydrazone groups is 1. The van der Waals surface area contributed by atoms with Crippen molar-refractivity contribution in [2.45, 2.75) is 0 Å². The summed E-state index contributed by atoms with van der Waals surface area (Å²) < 4.78 is 0. The maximum Gasteiger partial charge on any atom is 0.299 e. The van der Waals surface area contributed by atoms with Crippen molar-refractivity contribution in [3.63, 3.8) is 0 Å². The molecule has 1 fully saturated rings. The summed E-state index contributed by atoms with van der Waals surface area (Å²) in [7, 11) is 0. The number of anilines is 2. The lowest BCUT2D eigenvalue weighted by molar-refractivity contribution is -0.112. The predicted octanol–water partition coefficient (Wildman–Crippen LogP) is 4.40. The molecule has 148 valence electrons. The summed E-state index contributed by atoms with van der Waals surface area (Å²) in [6, 6.07) is 22.8. The summed E-state index contributed by atoms with van der Waals surface area (Å²) in [6.07, 6.45) is 0. The van der Waals surface area contributed by atoms with Crippen molar-refractivity contribution >= 4 is 40.4 Å². The van der Waals surface area contributed by atoms with Crippen LogP contribution in [-0.4, -0.2) is 17.4 Å². The van der Waals surface area contributed by atoms with Crippen LogP contribution in [0.4, 0.5) is 11.4 Å². The number of nitrogens with zero attached hydrogens (tertiary/aromatic N) is 2. The smallest absolute Gasteiger partial charge is 0.289 e. The van der Waals surface area contributed by atoms with Crippen LogP contribution in [0.15, 0.2) is 96.2 Å². The van der Waals surface area contributed by atoms with Gasteiger partial charge >= 0.3 is 0 Å². The molecule has 0 atom stereocenters. The zero-order chi connectivity index (χ0) is 21.1. The molecule has 1 aliphatic heterocycles. The lowest BCUT2D eigenvalue weighted by Gasteiger charge is -2.14. The Labute approximate surface area is 178 Å². The standard InChI is InChI=1S/C23H17ClN4O2/c1-15-21(23(30)28(27-15)18-10-6-3-7-11-18)26-25-20-13-12-17(24)14-19(20)22(29)16-8-4-2-5-9-16/h2-14,25,27H,1H2/b26-21+. The first-order valence-corrected chi connectivity index (χ1v) is 9.51. The second kappa shape index (κ2) is 8.23. The highest BCUT2D eigenvalue weighted by atomic mass is 35.5. The van der Waals surface area contributed by atoms with E-state index in [4.69, 9.17) is 11.6 Å². The van der Waals surface area contributed by atoms with E-state index < -0.39 is 0 Å². The fraction of sp³-hybridized carbons (Fsp3) is 0. The zero-order valence-corrected chi connectivity index (χ0v) is 16.6. The van der Waals surface area contributed by atoms with E-state index in [1.165, 1.54) is 5.01 Å². The Hall–Kier alpha value is -3.90. The Morgan fingerprint density at radius 1 is 1.00 bits per heavy atom. The molecule has 6 nitrogen and oxygen atoms in total. The van der Waals surface area contributed by atoms with Gasteiger partial charge in [-0.3, -0.25) is 20.4 Å². The number of para-hydroxylation sites is 1. The third-order valence-electron chi connectivity index (χ3n) is 4.50. The van der Waals surface area contributed by atoms with Crippen molar-refractivity contribution in [2.24, 2.45) is 5.10 Å². The molecule has 0 unspecified atom stereocenters. The maximum atomic E-state index is 12.9. The fourth-order valence-corrected chi connectivity index (χ4v) is 3.18.